The van der Waals surface area contributed by atoms with E-state index in [1.54, 1.807) is 6.92 Å². The van der Waals surface area contributed by atoms with Gasteiger partial charge in [0.25, 0.3) is 0 Å². The highest BCUT2D eigenvalue weighted by molar-refractivity contribution is 5.99. The smallest absolute Gasteiger partial charge is 0.165 e. The third kappa shape index (κ3) is 1.39. The highest BCUT2D eigenvalue weighted by Gasteiger charge is 2.27. The lowest BCUT2D eigenvalue weighted by molar-refractivity contribution is -0.116. The molecule has 0 heterocycles. The Morgan fingerprint density at radius 2 is 2.14 bits per heavy atom. The number of rotatable bonds is 2. The molecule has 1 aromatic carbocycles. The number of benzene rings is 1. The van der Waals surface area contributed by atoms with Crippen LogP contribution in [-0.4, -0.2) is 5.78 Å². The second-order valence-electron chi connectivity index (χ2n) is 3.93. The molecule has 0 bridgehead atoms. The van der Waals surface area contributed by atoms with Crippen LogP contribution in [-0.2, 0) is 11.2 Å². The Hall–Kier alpha value is -1.37. The van der Waals surface area contributed by atoms with Crippen LogP contribution in [0.15, 0.2) is 36.4 Å². The Labute approximate surface area is 84.5 Å². The summed E-state index contributed by atoms with van der Waals surface area (Å²) in [6.45, 7) is 5.52. The van der Waals surface area contributed by atoms with Gasteiger partial charge < -0.3 is 0 Å². The van der Waals surface area contributed by atoms with Crippen molar-refractivity contribution in [2.75, 3.05) is 0 Å². The molecule has 0 fully saturated rings. The molecule has 0 spiro atoms. The normalized spacial score (nSPS) is 19.1. The van der Waals surface area contributed by atoms with Crippen molar-refractivity contribution in [3.8, 4) is 0 Å². The van der Waals surface area contributed by atoms with E-state index in [1.807, 2.05) is 12.1 Å². The SMILES string of the molecule is C=C(C)C(=O)C1CCc2ccccc21. The van der Waals surface area contributed by atoms with Gasteiger partial charge in [0.15, 0.2) is 5.78 Å². The van der Waals surface area contributed by atoms with Gasteiger partial charge in [0.05, 0.1) is 0 Å². The molecular formula is C13H14O. The number of hydrogen-bond donors (Lipinski definition) is 0. The molecule has 14 heavy (non-hydrogen) atoms. The predicted molar refractivity (Wildman–Crippen MR) is 57.3 cm³/mol. The lowest BCUT2D eigenvalue weighted by atomic mass is 9.93. The van der Waals surface area contributed by atoms with E-state index in [4.69, 9.17) is 0 Å². The van der Waals surface area contributed by atoms with Crippen molar-refractivity contribution in [3.05, 3.63) is 47.5 Å². The molecule has 1 heteroatoms. The third-order valence-corrected chi connectivity index (χ3v) is 2.87. The summed E-state index contributed by atoms with van der Waals surface area (Å²) < 4.78 is 0. The molecule has 0 aromatic heterocycles. The van der Waals surface area contributed by atoms with E-state index in [0.29, 0.717) is 5.57 Å². The zero-order chi connectivity index (χ0) is 10.1. The second kappa shape index (κ2) is 3.41. The number of carbonyl (C=O) groups excluding carboxylic acids is 1. The fourth-order valence-corrected chi connectivity index (χ4v) is 2.13. The van der Waals surface area contributed by atoms with E-state index in [1.165, 1.54) is 11.1 Å². The van der Waals surface area contributed by atoms with Crippen LogP contribution in [0.5, 0.6) is 0 Å². The predicted octanol–water partition coefficient (Wildman–Crippen LogP) is 2.86. The van der Waals surface area contributed by atoms with Gasteiger partial charge in [0, 0.05) is 5.92 Å². The highest BCUT2D eigenvalue weighted by atomic mass is 16.1. The maximum atomic E-state index is 11.8. The first-order chi connectivity index (χ1) is 6.70. The van der Waals surface area contributed by atoms with Crippen LogP contribution in [0.2, 0.25) is 0 Å². The number of allylic oxidation sites excluding steroid dienone is 1. The summed E-state index contributed by atoms with van der Waals surface area (Å²) in [4.78, 5) is 11.8. The molecule has 1 aliphatic rings. The molecule has 72 valence electrons. The number of ketones is 1. The summed E-state index contributed by atoms with van der Waals surface area (Å²) in [6.07, 6.45) is 1.98. The van der Waals surface area contributed by atoms with Crippen LogP contribution < -0.4 is 0 Å². The van der Waals surface area contributed by atoms with E-state index < -0.39 is 0 Å². The summed E-state index contributed by atoms with van der Waals surface area (Å²) in [7, 11) is 0. The molecule has 0 aliphatic heterocycles. The summed E-state index contributed by atoms with van der Waals surface area (Å²) in [5.41, 5.74) is 3.21. The number of aryl methyl sites for hydroxylation is 1. The number of Topliss-reactive ketones (excluding diaryl/α,β-unsaturated/α-hetero) is 1. The molecule has 1 aliphatic carbocycles. The topological polar surface area (TPSA) is 17.1 Å². The molecular weight excluding hydrogens is 172 g/mol. The van der Waals surface area contributed by atoms with E-state index >= 15 is 0 Å². The van der Waals surface area contributed by atoms with Crippen LogP contribution in [0.25, 0.3) is 0 Å². The number of hydrogen-bond acceptors (Lipinski definition) is 1. The third-order valence-electron chi connectivity index (χ3n) is 2.87. The van der Waals surface area contributed by atoms with Crippen molar-refractivity contribution in [2.24, 2.45) is 0 Å². The Kier molecular flexibility index (Phi) is 2.24. The van der Waals surface area contributed by atoms with E-state index in [2.05, 4.69) is 18.7 Å². The molecule has 1 unspecified atom stereocenters. The average Bonchev–Trinajstić information content (AvgIpc) is 2.60. The Bertz CT molecular complexity index is 390. The van der Waals surface area contributed by atoms with Gasteiger partial charge in [-0.05, 0) is 36.5 Å². The summed E-state index contributed by atoms with van der Waals surface area (Å²) >= 11 is 0. The van der Waals surface area contributed by atoms with Crippen LogP contribution in [0.4, 0.5) is 0 Å². The maximum absolute atomic E-state index is 11.8. The second-order valence-corrected chi connectivity index (χ2v) is 3.93. The highest BCUT2D eigenvalue weighted by Crippen LogP contribution is 2.34. The van der Waals surface area contributed by atoms with E-state index in [0.717, 1.165) is 12.8 Å². The number of carbonyl (C=O) groups is 1. The Morgan fingerprint density at radius 3 is 2.86 bits per heavy atom. The molecule has 0 amide bonds. The van der Waals surface area contributed by atoms with Gasteiger partial charge in [0.1, 0.15) is 0 Å². The van der Waals surface area contributed by atoms with Crippen LogP contribution in [0.3, 0.4) is 0 Å². The zero-order valence-corrected chi connectivity index (χ0v) is 8.42. The fourth-order valence-electron chi connectivity index (χ4n) is 2.13. The minimum Gasteiger partial charge on any atom is -0.294 e. The zero-order valence-electron chi connectivity index (χ0n) is 8.42. The van der Waals surface area contributed by atoms with E-state index in [9.17, 15) is 4.79 Å². The van der Waals surface area contributed by atoms with Crippen molar-refractivity contribution in [1.29, 1.82) is 0 Å². The minimum absolute atomic E-state index is 0.0729. The van der Waals surface area contributed by atoms with Crippen molar-refractivity contribution in [1.82, 2.24) is 0 Å². The van der Waals surface area contributed by atoms with Gasteiger partial charge in [-0.2, -0.15) is 0 Å². The van der Waals surface area contributed by atoms with Gasteiger partial charge in [-0.15, -0.1) is 0 Å². The van der Waals surface area contributed by atoms with Gasteiger partial charge >= 0.3 is 0 Å². The van der Waals surface area contributed by atoms with Crippen LogP contribution in [0.1, 0.15) is 30.4 Å². The lowest BCUT2D eigenvalue weighted by Crippen LogP contribution is -2.09. The standard InChI is InChI=1S/C13H14O/c1-9(2)13(14)12-8-7-10-5-3-4-6-11(10)12/h3-6,12H,1,7-8H2,2H3. The molecule has 1 aromatic rings. The summed E-state index contributed by atoms with van der Waals surface area (Å²) in [6, 6.07) is 8.21. The van der Waals surface area contributed by atoms with Gasteiger partial charge in [-0.25, -0.2) is 0 Å². The van der Waals surface area contributed by atoms with Crippen molar-refractivity contribution < 1.29 is 4.79 Å². The van der Waals surface area contributed by atoms with E-state index in [-0.39, 0.29) is 11.7 Å². The molecule has 1 atom stereocenters. The molecule has 0 saturated heterocycles. The van der Waals surface area contributed by atoms with Gasteiger partial charge in [0.2, 0.25) is 0 Å². The van der Waals surface area contributed by atoms with Crippen molar-refractivity contribution in [2.45, 2.75) is 25.7 Å². The molecule has 0 saturated carbocycles. The monoisotopic (exact) mass is 186 g/mol. The summed E-state index contributed by atoms with van der Waals surface area (Å²) in [5.74, 6) is 0.277. The molecule has 2 rings (SSSR count). The maximum Gasteiger partial charge on any atom is 0.165 e. The Morgan fingerprint density at radius 1 is 1.43 bits per heavy atom. The van der Waals surface area contributed by atoms with Gasteiger partial charge in [-0.3, -0.25) is 4.79 Å². The minimum atomic E-state index is 0.0729. The quantitative estimate of drug-likeness (QED) is 0.649. The van der Waals surface area contributed by atoms with Gasteiger partial charge in [-0.1, -0.05) is 30.8 Å². The average molecular weight is 186 g/mol. The number of fused-ring (bicyclic) bond motifs is 1. The molecule has 0 N–H and O–H groups in total. The van der Waals surface area contributed by atoms with Crippen molar-refractivity contribution in [3.63, 3.8) is 0 Å². The molecule has 0 radical (unpaired) electrons. The Balaban J connectivity index is 2.35. The lowest BCUT2D eigenvalue weighted by Gasteiger charge is -2.09. The first-order valence-corrected chi connectivity index (χ1v) is 4.97. The van der Waals surface area contributed by atoms with Crippen LogP contribution >= 0.6 is 0 Å². The molecule has 1 nitrogen and oxygen atoms in total. The fraction of sp³-hybridized carbons (Fsp3) is 0.308. The summed E-state index contributed by atoms with van der Waals surface area (Å²) in [5, 5.41) is 0. The largest absolute Gasteiger partial charge is 0.294 e. The first-order valence-electron chi connectivity index (χ1n) is 4.97. The van der Waals surface area contributed by atoms with Crippen molar-refractivity contribution >= 4 is 5.78 Å². The van der Waals surface area contributed by atoms with Crippen LogP contribution in [0, 0.1) is 0 Å². The first kappa shape index (κ1) is 9.20.